The molecule has 0 aliphatic carbocycles. The van der Waals surface area contributed by atoms with E-state index < -0.39 is 5.91 Å². The van der Waals surface area contributed by atoms with Gasteiger partial charge in [-0.2, -0.15) is 5.10 Å². The number of primary amides is 1. The number of hydrogen-bond donors (Lipinski definition) is 1. The number of hydrogen-bond acceptors (Lipinski definition) is 3. The Morgan fingerprint density at radius 3 is 2.67 bits per heavy atom. The van der Waals surface area contributed by atoms with E-state index in [-0.39, 0.29) is 0 Å². The van der Waals surface area contributed by atoms with Gasteiger partial charge in [-0.1, -0.05) is 17.7 Å². The molecule has 0 bridgehead atoms. The number of nitrogens with two attached hydrogens (primary N) is 1. The number of carbonyl (C=O) groups is 1. The first-order chi connectivity index (χ1) is 10.1. The van der Waals surface area contributed by atoms with Crippen LogP contribution in [0.25, 0.3) is 0 Å². The number of rotatable bonds is 3. The Balaban J connectivity index is 1.96. The Bertz CT molecular complexity index is 672. The molecule has 0 fully saturated rings. The lowest BCUT2D eigenvalue weighted by molar-refractivity contribution is 0.0994. The Morgan fingerprint density at radius 2 is 2.05 bits per heavy atom. The monoisotopic (exact) mass is 284 g/mol. The summed E-state index contributed by atoms with van der Waals surface area (Å²) in [4.78, 5) is 13.9. The summed E-state index contributed by atoms with van der Waals surface area (Å²) >= 11 is 0. The van der Waals surface area contributed by atoms with Crippen LogP contribution in [-0.2, 0) is 19.5 Å². The van der Waals surface area contributed by atoms with E-state index in [9.17, 15) is 4.79 Å². The van der Waals surface area contributed by atoms with E-state index in [2.05, 4.69) is 41.2 Å². The lowest BCUT2D eigenvalue weighted by Crippen LogP contribution is -2.32. The van der Waals surface area contributed by atoms with Gasteiger partial charge in [0.25, 0.3) is 5.91 Å². The predicted octanol–water partition coefficient (Wildman–Crippen LogP) is 1.87. The molecule has 1 aliphatic rings. The van der Waals surface area contributed by atoms with Crippen LogP contribution in [0, 0.1) is 6.92 Å². The number of aryl methyl sites for hydroxylation is 2. The van der Waals surface area contributed by atoms with E-state index in [0.29, 0.717) is 12.2 Å². The molecule has 2 aromatic rings. The fourth-order valence-electron chi connectivity index (χ4n) is 2.93. The van der Waals surface area contributed by atoms with E-state index in [1.165, 1.54) is 11.3 Å². The average molecular weight is 284 g/mol. The number of aromatic nitrogens is 2. The van der Waals surface area contributed by atoms with Crippen molar-refractivity contribution >= 4 is 11.6 Å². The van der Waals surface area contributed by atoms with Gasteiger partial charge < -0.3 is 10.6 Å². The second-order valence-corrected chi connectivity index (χ2v) is 5.46. The zero-order chi connectivity index (χ0) is 15.0. The smallest absolute Gasteiger partial charge is 0.269 e. The summed E-state index contributed by atoms with van der Waals surface area (Å²) in [5, 5.41) is 4.37. The van der Waals surface area contributed by atoms with Gasteiger partial charge in [0.05, 0.1) is 0 Å². The fraction of sp³-hybridized carbons (Fsp3) is 0.375. The fourth-order valence-corrected chi connectivity index (χ4v) is 2.93. The van der Waals surface area contributed by atoms with Gasteiger partial charge in [-0.05, 0) is 26.0 Å². The molecule has 5 heteroatoms. The molecule has 2 heterocycles. The molecule has 5 nitrogen and oxygen atoms in total. The van der Waals surface area contributed by atoms with E-state index in [1.807, 2.05) is 11.6 Å². The van der Waals surface area contributed by atoms with Gasteiger partial charge in [0.2, 0.25) is 0 Å². The SMILES string of the molecule is CCn1nc(C(N)=O)c2c1CCN(c1ccc(C)cc1)C2. The van der Waals surface area contributed by atoms with E-state index in [1.54, 1.807) is 0 Å². The number of fused-ring (bicyclic) bond motifs is 1. The average Bonchev–Trinajstić information content (AvgIpc) is 2.86. The molecule has 0 spiro atoms. The van der Waals surface area contributed by atoms with Gasteiger partial charge in [-0.15, -0.1) is 0 Å². The van der Waals surface area contributed by atoms with Gasteiger partial charge in [-0.3, -0.25) is 9.48 Å². The predicted molar refractivity (Wildman–Crippen MR) is 82.4 cm³/mol. The van der Waals surface area contributed by atoms with Gasteiger partial charge in [0, 0.05) is 43.0 Å². The highest BCUT2D eigenvalue weighted by Crippen LogP contribution is 2.27. The Morgan fingerprint density at radius 1 is 1.33 bits per heavy atom. The highest BCUT2D eigenvalue weighted by Gasteiger charge is 2.26. The molecule has 0 radical (unpaired) electrons. The molecule has 2 N–H and O–H groups in total. The highest BCUT2D eigenvalue weighted by molar-refractivity contribution is 5.92. The molecule has 1 aliphatic heterocycles. The van der Waals surface area contributed by atoms with Crippen LogP contribution >= 0.6 is 0 Å². The second kappa shape index (κ2) is 5.24. The van der Waals surface area contributed by atoms with Gasteiger partial charge in [0.15, 0.2) is 5.69 Å². The number of carbonyl (C=O) groups excluding carboxylic acids is 1. The van der Waals surface area contributed by atoms with Crippen LogP contribution in [0.4, 0.5) is 5.69 Å². The van der Waals surface area contributed by atoms with Crippen molar-refractivity contribution in [2.75, 3.05) is 11.4 Å². The van der Waals surface area contributed by atoms with Crippen LogP contribution in [0.1, 0.15) is 34.2 Å². The van der Waals surface area contributed by atoms with Crippen LogP contribution < -0.4 is 10.6 Å². The van der Waals surface area contributed by atoms with Crippen molar-refractivity contribution in [2.24, 2.45) is 5.73 Å². The Labute approximate surface area is 124 Å². The summed E-state index contributed by atoms with van der Waals surface area (Å²) in [5.74, 6) is -0.441. The van der Waals surface area contributed by atoms with Crippen LogP contribution in [0.5, 0.6) is 0 Å². The molecule has 1 amide bonds. The zero-order valence-corrected chi connectivity index (χ0v) is 12.5. The largest absolute Gasteiger partial charge is 0.367 e. The van der Waals surface area contributed by atoms with Gasteiger partial charge in [0.1, 0.15) is 0 Å². The number of amides is 1. The highest BCUT2D eigenvalue weighted by atomic mass is 16.1. The van der Waals surface area contributed by atoms with Crippen molar-refractivity contribution in [2.45, 2.75) is 33.4 Å². The third-order valence-electron chi connectivity index (χ3n) is 4.07. The minimum atomic E-state index is -0.441. The quantitative estimate of drug-likeness (QED) is 0.936. The molecular formula is C16H20N4O. The molecule has 110 valence electrons. The van der Waals surface area contributed by atoms with E-state index in [4.69, 9.17) is 5.73 Å². The number of nitrogens with zero attached hydrogens (tertiary/aromatic N) is 3. The lowest BCUT2D eigenvalue weighted by Gasteiger charge is -2.29. The molecule has 1 aromatic heterocycles. The van der Waals surface area contributed by atoms with Crippen molar-refractivity contribution < 1.29 is 4.79 Å². The molecule has 3 rings (SSSR count). The van der Waals surface area contributed by atoms with Crippen LogP contribution in [-0.4, -0.2) is 22.2 Å². The summed E-state index contributed by atoms with van der Waals surface area (Å²) in [5.41, 5.74) is 10.4. The van der Waals surface area contributed by atoms with Crippen molar-refractivity contribution in [3.63, 3.8) is 0 Å². The molecule has 0 unspecified atom stereocenters. The summed E-state index contributed by atoms with van der Waals surface area (Å²) < 4.78 is 1.90. The molecule has 21 heavy (non-hydrogen) atoms. The standard InChI is InChI=1S/C16H20N4O/c1-3-20-14-8-9-19(12-6-4-11(2)5-7-12)10-13(14)15(18-20)16(17)21/h4-7H,3,8-10H2,1-2H3,(H2,17,21). The second-order valence-electron chi connectivity index (χ2n) is 5.46. The molecule has 0 saturated heterocycles. The summed E-state index contributed by atoms with van der Waals surface area (Å²) in [6, 6.07) is 8.45. The molecule has 1 aromatic carbocycles. The van der Waals surface area contributed by atoms with Crippen molar-refractivity contribution in [1.82, 2.24) is 9.78 Å². The number of anilines is 1. The maximum Gasteiger partial charge on any atom is 0.269 e. The minimum Gasteiger partial charge on any atom is -0.367 e. The third-order valence-corrected chi connectivity index (χ3v) is 4.07. The van der Waals surface area contributed by atoms with Crippen LogP contribution in [0.3, 0.4) is 0 Å². The summed E-state index contributed by atoms with van der Waals surface area (Å²) in [6.45, 7) is 6.50. The van der Waals surface area contributed by atoms with Gasteiger partial charge >= 0.3 is 0 Å². The molecular weight excluding hydrogens is 264 g/mol. The normalized spacial score (nSPS) is 14.1. The van der Waals surface area contributed by atoms with Crippen molar-refractivity contribution in [3.05, 3.63) is 46.8 Å². The summed E-state index contributed by atoms with van der Waals surface area (Å²) in [6.07, 6.45) is 0.886. The maximum absolute atomic E-state index is 11.6. The van der Waals surface area contributed by atoms with Gasteiger partial charge in [-0.25, -0.2) is 0 Å². The van der Waals surface area contributed by atoms with Crippen LogP contribution in [0.2, 0.25) is 0 Å². The zero-order valence-electron chi connectivity index (χ0n) is 12.5. The molecule has 0 saturated carbocycles. The Kier molecular flexibility index (Phi) is 3.41. The van der Waals surface area contributed by atoms with Crippen molar-refractivity contribution in [3.8, 4) is 0 Å². The topological polar surface area (TPSA) is 64.2 Å². The molecule has 0 atom stereocenters. The maximum atomic E-state index is 11.6. The van der Waals surface area contributed by atoms with Crippen molar-refractivity contribution in [1.29, 1.82) is 0 Å². The Hall–Kier alpha value is -2.30. The first-order valence-corrected chi connectivity index (χ1v) is 7.30. The first-order valence-electron chi connectivity index (χ1n) is 7.30. The lowest BCUT2D eigenvalue weighted by atomic mass is 10.0. The summed E-state index contributed by atoms with van der Waals surface area (Å²) in [7, 11) is 0. The minimum absolute atomic E-state index is 0.420. The number of benzene rings is 1. The van der Waals surface area contributed by atoms with E-state index >= 15 is 0 Å². The third kappa shape index (κ3) is 2.39. The van der Waals surface area contributed by atoms with E-state index in [0.717, 1.165) is 30.8 Å². The first kappa shape index (κ1) is 13.7. The van der Waals surface area contributed by atoms with Crippen LogP contribution in [0.15, 0.2) is 24.3 Å².